The Morgan fingerprint density at radius 2 is 1.77 bits per heavy atom. The largest absolute Gasteiger partial charge is 0.494 e. The quantitative estimate of drug-likeness (QED) is 0.488. The topological polar surface area (TPSA) is 79.8 Å². The lowest BCUT2D eigenvalue weighted by Gasteiger charge is -2.22. The maximum absolute atomic E-state index is 13.1. The fourth-order valence-electron chi connectivity index (χ4n) is 2.96. The van der Waals surface area contributed by atoms with Crippen molar-refractivity contribution in [2.45, 2.75) is 11.8 Å². The standard InChI is InChI=1S/C21H25N3O4S2.ClH/c1-15-10-11-17(28-4)19-20(15)29-21(22-19)24(13-12-23(2)3)18(25)14-30(26,27)16-8-6-5-7-9-16;/h5-11H,12-14H2,1-4H3;1H. The molecule has 0 atom stereocenters. The summed E-state index contributed by atoms with van der Waals surface area (Å²) < 4.78 is 31.8. The number of aryl methyl sites for hydroxylation is 1. The molecule has 0 aliphatic rings. The number of thiazole rings is 1. The molecule has 0 saturated carbocycles. The molecule has 0 aliphatic carbocycles. The van der Waals surface area contributed by atoms with Gasteiger partial charge >= 0.3 is 0 Å². The van der Waals surface area contributed by atoms with Crippen LogP contribution in [0.5, 0.6) is 5.75 Å². The summed E-state index contributed by atoms with van der Waals surface area (Å²) in [5.74, 6) is -0.498. The minimum atomic E-state index is -3.75. The van der Waals surface area contributed by atoms with Gasteiger partial charge in [0, 0.05) is 13.1 Å². The summed E-state index contributed by atoms with van der Waals surface area (Å²) in [5.41, 5.74) is 1.69. The Kier molecular flexibility index (Phi) is 8.41. The first kappa shape index (κ1) is 25.1. The van der Waals surface area contributed by atoms with Gasteiger partial charge in [0.05, 0.1) is 16.7 Å². The second-order valence-corrected chi connectivity index (χ2v) is 10.1. The van der Waals surface area contributed by atoms with Gasteiger partial charge in [-0.3, -0.25) is 9.69 Å². The van der Waals surface area contributed by atoms with Gasteiger partial charge in [-0.25, -0.2) is 13.4 Å². The van der Waals surface area contributed by atoms with Gasteiger partial charge in [0.1, 0.15) is 17.0 Å². The number of ether oxygens (including phenoxy) is 1. The molecule has 0 radical (unpaired) electrons. The van der Waals surface area contributed by atoms with Crippen LogP contribution in [0.15, 0.2) is 47.4 Å². The van der Waals surface area contributed by atoms with E-state index in [1.165, 1.54) is 28.4 Å². The van der Waals surface area contributed by atoms with E-state index in [1.54, 1.807) is 25.3 Å². The number of amides is 1. The SMILES string of the molecule is COc1ccc(C)c2sc(N(CCN(C)C)C(=O)CS(=O)(=O)c3ccccc3)nc12.Cl. The highest BCUT2D eigenvalue weighted by Crippen LogP contribution is 2.36. The van der Waals surface area contributed by atoms with Crippen molar-refractivity contribution in [1.82, 2.24) is 9.88 Å². The van der Waals surface area contributed by atoms with E-state index >= 15 is 0 Å². The second-order valence-electron chi connectivity index (χ2n) is 7.18. The predicted molar refractivity (Wildman–Crippen MR) is 128 cm³/mol. The average Bonchev–Trinajstić information content (AvgIpc) is 3.14. The van der Waals surface area contributed by atoms with E-state index in [9.17, 15) is 13.2 Å². The highest BCUT2D eigenvalue weighted by atomic mass is 35.5. The third-order valence-electron chi connectivity index (χ3n) is 4.63. The number of carbonyl (C=O) groups is 1. The van der Waals surface area contributed by atoms with Crippen LogP contribution in [0, 0.1) is 6.92 Å². The molecule has 1 heterocycles. The molecule has 0 aliphatic heterocycles. The molecule has 0 unspecified atom stereocenters. The molecule has 0 N–H and O–H groups in total. The maximum Gasteiger partial charge on any atom is 0.244 e. The number of fused-ring (bicyclic) bond motifs is 1. The molecule has 1 aromatic heterocycles. The number of nitrogens with zero attached hydrogens (tertiary/aromatic N) is 3. The Labute approximate surface area is 193 Å². The number of anilines is 1. The first-order valence-corrected chi connectivity index (χ1v) is 11.9. The number of hydrogen-bond acceptors (Lipinski definition) is 7. The number of methoxy groups -OCH3 is 1. The summed E-state index contributed by atoms with van der Waals surface area (Å²) in [6.45, 7) is 2.87. The van der Waals surface area contributed by atoms with Gasteiger partial charge in [-0.05, 0) is 44.8 Å². The predicted octanol–water partition coefficient (Wildman–Crippen LogP) is 3.40. The van der Waals surface area contributed by atoms with Gasteiger partial charge < -0.3 is 9.64 Å². The molecule has 0 saturated heterocycles. The molecule has 3 aromatic rings. The van der Waals surface area contributed by atoms with Crippen LogP contribution in [-0.4, -0.2) is 64.3 Å². The van der Waals surface area contributed by atoms with Gasteiger partial charge in [-0.2, -0.15) is 0 Å². The molecule has 0 bridgehead atoms. The van der Waals surface area contributed by atoms with Crippen molar-refractivity contribution in [3.05, 3.63) is 48.0 Å². The van der Waals surface area contributed by atoms with E-state index in [0.29, 0.717) is 29.5 Å². The summed E-state index contributed by atoms with van der Waals surface area (Å²) in [6.07, 6.45) is 0. The lowest BCUT2D eigenvalue weighted by molar-refractivity contribution is -0.116. The minimum Gasteiger partial charge on any atom is -0.494 e. The average molecular weight is 484 g/mol. The summed E-state index contributed by atoms with van der Waals surface area (Å²) in [7, 11) is 1.61. The Morgan fingerprint density at radius 1 is 1.10 bits per heavy atom. The van der Waals surface area contributed by atoms with Crippen LogP contribution in [0.1, 0.15) is 5.56 Å². The fraction of sp³-hybridized carbons (Fsp3) is 0.333. The van der Waals surface area contributed by atoms with E-state index in [-0.39, 0.29) is 17.3 Å². The van der Waals surface area contributed by atoms with Crippen molar-refractivity contribution < 1.29 is 17.9 Å². The van der Waals surface area contributed by atoms with Crippen LogP contribution in [0.25, 0.3) is 10.2 Å². The first-order chi connectivity index (χ1) is 14.2. The number of rotatable bonds is 8. The zero-order valence-corrected chi connectivity index (χ0v) is 20.3. The molecule has 168 valence electrons. The van der Waals surface area contributed by atoms with Gasteiger partial charge in [0.25, 0.3) is 0 Å². The zero-order valence-electron chi connectivity index (χ0n) is 17.9. The van der Waals surface area contributed by atoms with Crippen LogP contribution < -0.4 is 9.64 Å². The number of aromatic nitrogens is 1. The van der Waals surface area contributed by atoms with Crippen molar-refractivity contribution in [3.8, 4) is 5.75 Å². The van der Waals surface area contributed by atoms with Gasteiger partial charge in [-0.15, -0.1) is 12.4 Å². The highest BCUT2D eigenvalue weighted by molar-refractivity contribution is 7.92. The summed E-state index contributed by atoms with van der Waals surface area (Å²) in [6, 6.07) is 11.8. The Hall–Kier alpha value is -2.20. The Balaban J connectivity index is 0.00000341. The number of carbonyl (C=O) groups excluding carboxylic acids is 1. The van der Waals surface area contributed by atoms with Crippen molar-refractivity contribution >= 4 is 54.8 Å². The molecule has 0 spiro atoms. The molecule has 10 heteroatoms. The van der Waals surface area contributed by atoms with Crippen LogP contribution >= 0.6 is 23.7 Å². The van der Waals surface area contributed by atoms with E-state index in [0.717, 1.165) is 10.3 Å². The summed E-state index contributed by atoms with van der Waals surface area (Å²) in [5, 5.41) is 0.465. The van der Waals surface area contributed by atoms with E-state index in [2.05, 4.69) is 4.98 Å². The van der Waals surface area contributed by atoms with Gasteiger partial charge in [-0.1, -0.05) is 35.6 Å². The summed E-state index contributed by atoms with van der Waals surface area (Å²) in [4.78, 5) is 21.3. The Bertz CT molecular complexity index is 1150. The van der Waals surface area contributed by atoms with Crippen LogP contribution in [0.3, 0.4) is 0 Å². The van der Waals surface area contributed by atoms with Crippen molar-refractivity contribution in [1.29, 1.82) is 0 Å². The lowest BCUT2D eigenvalue weighted by atomic mass is 10.2. The normalized spacial score (nSPS) is 11.4. The van der Waals surface area contributed by atoms with Gasteiger partial charge in [0.2, 0.25) is 5.91 Å². The van der Waals surface area contributed by atoms with Crippen molar-refractivity contribution in [3.63, 3.8) is 0 Å². The van der Waals surface area contributed by atoms with E-state index in [1.807, 2.05) is 38.1 Å². The molecule has 0 fully saturated rings. The first-order valence-electron chi connectivity index (χ1n) is 9.40. The smallest absolute Gasteiger partial charge is 0.244 e. The molecule has 3 rings (SSSR count). The number of sulfone groups is 1. The van der Waals surface area contributed by atoms with E-state index < -0.39 is 21.5 Å². The molecule has 31 heavy (non-hydrogen) atoms. The number of halogens is 1. The fourth-order valence-corrected chi connectivity index (χ4v) is 5.27. The monoisotopic (exact) mass is 483 g/mol. The van der Waals surface area contributed by atoms with Crippen LogP contribution in [0.4, 0.5) is 5.13 Å². The van der Waals surface area contributed by atoms with E-state index in [4.69, 9.17) is 4.74 Å². The molecular formula is C21H26ClN3O4S2. The lowest BCUT2D eigenvalue weighted by Crippen LogP contribution is -2.40. The maximum atomic E-state index is 13.1. The number of hydrogen-bond donors (Lipinski definition) is 0. The highest BCUT2D eigenvalue weighted by Gasteiger charge is 2.27. The molecule has 7 nitrogen and oxygen atoms in total. The van der Waals surface area contributed by atoms with Crippen LogP contribution in [-0.2, 0) is 14.6 Å². The zero-order chi connectivity index (χ0) is 21.9. The second kappa shape index (κ2) is 10.4. The van der Waals surface area contributed by atoms with Crippen LogP contribution in [0.2, 0.25) is 0 Å². The Morgan fingerprint density at radius 3 is 2.39 bits per heavy atom. The summed E-state index contributed by atoms with van der Waals surface area (Å²) >= 11 is 1.36. The van der Waals surface area contributed by atoms with Crippen molar-refractivity contribution in [2.75, 3.05) is 44.9 Å². The van der Waals surface area contributed by atoms with Crippen molar-refractivity contribution in [2.24, 2.45) is 0 Å². The molecule has 1 amide bonds. The molecular weight excluding hydrogens is 458 g/mol. The third kappa shape index (κ3) is 5.74. The number of benzene rings is 2. The van der Waals surface area contributed by atoms with Gasteiger partial charge in [0.15, 0.2) is 15.0 Å². The number of likely N-dealkylation sites (N-methyl/N-ethyl adjacent to an activating group) is 1. The third-order valence-corrected chi connectivity index (χ3v) is 7.46. The minimum absolute atomic E-state index is 0. The molecule has 2 aromatic carbocycles.